The van der Waals surface area contributed by atoms with Crippen LogP contribution in [-0.4, -0.2) is 12.6 Å². The normalized spacial score (nSPS) is 9.50. The van der Waals surface area contributed by atoms with Crippen LogP contribution in [0, 0.1) is 10.7 Å². The average molecular weight is 235 g/mol. The van der Waals surface area contributed by atoms with E-state index in [0.717, 1.165) is 22.2 Å². The second-order valence-corrected chi connectivity index (χ2v) is 4.00. The molecule has 0 saturated carbocycles. The molecular weight excluding hydrogens is 222 g/mol. The van der Waals surface area contributed by atoms with Crippen molar-refractivity contribution in [1.82, 2.24) is 0 Å². The van der Waals surface area contributed by atoms with Gasteiger partial charge in [-0.1, -0.05) is 12.1 Å². The van der Waals surface area contributed by atoms with E-state index >= 15 is 0 Å². The summed E-state index contributed by atoms with van der Waals surface area (Å²) in [6, 6.07) is 7.63. The van der Waals surface area contributed by atoms with Gasteiger partial charge in [-0.25, -0.2) is 0 Å². The third-order valence-corrected chi connectivity index (χ3v) is 2.61. The monoisotopic (exact) mass is 235 g/mol. The quantitative estimate of drug-likeness (QED) is 0.447. The fourth-order valence-corrected chi connectivity index (χ4v) is 1.63. The van der Waals surface area contributed by atoms with E-state index in [2.05, 4.69) is 0 Å². The molecule has 16 heavy (non-hydrogen) atoms. The summed E-state index contributed by atoms with van der Waals surface area (Å²) >= 11 is 1.13. The number of rotatable bonds is 5. The van der Waals surface area contributed by atoms with Gasteiger partial charge >= 0.3 is 5.97 Å². The third-order valence-electron chi connectivity index (χ3n) is 2.01. The van der Waals surface area contributed by atoms with Crippen molar-refractivity contribution in [1.29, 1.82) is 5.26 Å². The zero-order valence-electron chi connectivity index (χ0n) is 9.10. The molecule has 0 N–H and O–H groups in total. The zero-order valence-corrected chi connectivity index (χ0v) is 9.92. The van der Waals surface area contributed by atoms with E-state index < -0.39 is 0 Å². The lowest BCUT2D eigenvalue weighted by Crippen LogP contribution is -2.04. The highest BCUT2D eigenvalue weighted by molar-refractivity contribution is 8.03. The van der Waals surface area contributed by atoms with Crippen LogP contribution in [-0.2, 0) is 16.0 Å². The number of thiocyanates is 1. The second-order valence-electron chi connectivity index (χ2n) is 3.14. The van der Waals surface area contributed by atoms with Crippen LogP contribution in [0.5, 0.6) is 0 Å². The van der Waals surface area contributed by atoms with Gasteiger partial charge in [0.25, 0.3) is 0 Å². The molecule has 0 bridgehead atoms. The molecule has 0 unspecified atom stereocenters. The first kappa shape index (κ1) is 12.6. The Morgan fingerprint density at radius 3 is 2.69 bits per heavy atom. The minimum Gasteiger partial charge on any atom is -0.466 e. The molecule has 1 aromatic carbocycles. The van der Waals surface area contributed by atoms with Gasteiger partial charge in [-0.2, -0.15) is 5.26 Å². The Balaban J connectivity index is 2.43. The fraction of sp³-hybridized carbons (Fsp3) is 0.333. The van der Waals surface area contributed by atoms with Crippen LogP contribution < -0.4 is 0 Å². The number of thioether (sulfide) groups is 1. The second kappa shape index (κ2) is 6.91. The SMILES string of the molecule is CCOC(=O)CCc1ccc(SC#N)cc1. The van der Waals surface area contributed by atoms with Crippen LogP contribution in [0.1, 0.15) is 18.9 Å². The van der Waals surface area contributed by atoms with Crippen molar-refractivity contribution in [2.75, 3.05) is 6.61 Å². The van der Waals surface area contributed by atoms with Gasteiger partial charge in [0, 0.05) is 11.3 Å². The predicted octanol–water partition coefficient (Wildman–Crippen LogP) is 2.76. The molecule has 0 heterocycles. The molecule has 1 aromatic rings. The Kier molecular flexibility index (Phi) is 5.44. The van der Waals surface area contributed by atoms with Gasteiger partial charge in [-0.3, -0.25) is 4.79 Å². The Morgan fingerprint density at radius 2 is 2.12 bits per heavy atom. The number of nitrogens with zero attached hydrogens (tertiary/aromatic N) is 1. The molecule has 1 rings (SSSR count). The molecule has 0 aliphatic rings. The summed E-state index contributed by atoms with van der Waals surface area (Å²) in [5, 5.41) is 10.5. The van der Waals surface area contributed by atoms with E-state index in [0.29, 0.717) is 19.4 Å². The molecule has 0 aliphatic carbocycles. The maximum Gasteiger partial charge on any atom is 0.306 e. The maximum absolute atomic E-state index is 11.1. The first-order chi connectivity index (χ1) is 7.76. The summed E-state index contributed by atoms with van der Waals surface area (Å²) in [6.45, 7) is 2.22. The lowest BCUT2D eigenvalue weighted by molar-refractivity contribution is -0.143. The summed E-state index contributed by atoms with van der Waals surface area (Å²) in [6.07, 6.45) is 1.08. The van der Waals surface area contributed by atoms with Crippen molar-refractivity contribution >= 4 is 17.7 Å². The van der Waals surface area contributed by atoms with E-state index in [-0.39, 0.29) is 5.97 Å². The van der Waals surface area contributed by atoms with Gasteiger partial charge < -0.3 is 4.74 Å². The van der Waals surface area contributed by atoms with Crippen molar-refractivity contribution in [3.8, 4) is 5.40 Å². The van der Waals surface area contributed by atoms with Gasteiger partial charge in [0.05, 0.1) is 6.61 Å². The number of nitriles is 1. The predicted molar refractivity (Wildman–Crippen MR) is 62.9 cm³/mol. The summed E-state index contributed by atoms with van der Waals surface area (Å²) in [7, 11) is 0. The zero-order chi connectivity index (χ0) is 11.8. The molecular formula is C12H13NO2S. The average Bonchev–Trinajstić information content (AvgIpc) is 2.29. The Morgan fingerprint density at radius 1 is 1.44 bits per heavy atom. The standard InChI is InChI=1S/C12H13NO2S/c1-2-15-12(14)8-5-10-3-6-11(7-4-10)16-9-13/h3-4,6-7H,2,5,8H2,1H3. The molecule has 0 radical (unpaired) electrons. The molecule has 0 spiro atoms. The van der Waals surface area contributed by atoms with Crippen molar-refractivity contribution < 1.29 is 9.53 Å². The first-order valence-corrected chi connectivity index (χ1v) is 5.88. The molecule has 3 nitrogen and oxygen atoms in total. The van der Waals surface area contributed by atoms with Gasteiger partial charge in [-0.05, 0) is 42.8 Å². The summed E-state index contributed by atoms with van der Waals surface area (Å²) in [5.41, 5.74) is 1.08. The van der Waals surface area contributed by atoms with Crippen LogP contribution in [0.2, 0.25) is 0 Å². The number of esters is 1. The minimum atomic E-state index is -0.169. The largest absolute Gasteiger partial charge is 0.466 e. The lowest BCUT2D eigenvalue weighted by Gasteiger charge is -2.02. The summed E-state index contributed by atoms with van der Waals surface area (Å²) in [5.74, 6) is -0.169. The van der Waals surface area contributed by atoms with Crippen LogP contribution in [0.4, 0.5) is 0 Å². The highest BCUT2D eigenvalue weighted by atomic mass is 32.2. The van der Waals surface area contributed by atoms with E-state index in [4.69, 9.17) is 10.00 Å². The van der Waals surface area contributed by atoms with Crippen molar-refractivity contribution in [2.45, 2.75) is 24.7 Å². The number of carbonyl (C=O) groups is 1. The van der Waals surface area contributed by atoms with Crippen LogP contribution in [0.15, 0.2) is 29.2 Å². The number of carbonyl (C=O) groups excluding carboxylic acids is 1. The molecule has 0 aromatic heterocycles. The van der Waals surface area contributed by atoms with Crippen molar-refractivity contribution in [3.05, 3.63) is 29.8 Å². The van der Waals surface area contributed by atoms with Crippen molar-refractivity contribution in [3.63, 3.8) is 0 Å². The number of aryl methyl sites for hydroxylation is 1. The van der Waals surface area contributed by atoms with Gasteiger partial charge in [-0.15, -0.1) is 0 Å². The summed E-state index contributed by atoms with van der Waals surface area (Å²) in [4.78, 5) is 12.0. The summed E-state index contributed by atoms with van der Waals surface area (Å²) < 4.78 is 4.84. The molecule has 0 aliphatic heterocycles. The molecule has 4 heteroatoms. The number of hydrogen-bond acceptors (Lipinski definition) is 4. The number of ether oxygens (including phenoxy) is 1. The van der Waals surface area contributed by atoms with E-state index in [1.54, 1.807) is 6.92 Å². The maximum atomic E-state index is 11.1. The Hall–Kier alpha value is -1.47. The molecule has 0 fully saturated rings. The number of hydrogen-bond donors (Lipinski definition) is 0. The van der Waals surface area contributed by atoms with Crippen LogP contribution in [0.3, 0.4) is 0 Å². The molecule has 0 atom stereocenters. The Labute approximate surface area is 99.4 Å². The smallest absolute Gasteiger partial charge is 0.306 e. The minimum absolute atomic E-state index is 0.169. The van der Waals surface area contributed by atoms with Crippen molar-refractivity contribution in [2.24, 2.45) is 0 Å². The highest BCUT2D eigenvalue weighted by Gasteiger charge is 2.02. The molecule has 0 amide bonds. The van der Waals surface area contributed by atoms with Gasteiger partial charge in [0.15, 0.2) is 0 Å². The molecule has 84 valence electrons. The number of benzene rings is 1. The van der Waals surface area contributed by atoms with Crippen LogP contribution >= 0.6 is 11.8 Å². The fourth-order valence-electron chi connectivity index (χ4n) is 1.26. The van der Waals surface area contributed by atoms with E-state index in [9.17, 15) is 4.79 Å². The van der Waals surface area contributed by atoms with E-state index in [1.807, 2.05) is 29.7 Å². The van der Waals surface area contributed by atoms with E-state index in [1.165, 1.54) is 0 Å². The van der Waals surface area contributed by atoms with Gasteiger partial charge in [0.2, 0.25) is 0 Å². The molecule has 0 saturated heterocycles. The third kappa shape index (κ3) is 4.37. The van der Waals surface area contributed by atoms with Crippen LogP contribution in [0.25, 0.3) is 0 Å². The highest BCUT2D eigenvalue weighted by Crippen LogP contribution is 2.17. The lowest BCUT2D eigenvalue weighted by atomic mass is 10.1. The topological polar surface area (TPSA) is 50.1 Å². The Bertz CT molecular complexity index is 381. The first-order valence-electron chi connectivity index (χ1n) is 5.06. The van der Waals surface area contributed by atoms with Gasteiger partial charge in [0.1, 0.15) is 5.40 Å².